The lowest BCUT2D eigenvalue weighted by atomic mass is 10.0. The van der Waals surface area contributed by atoms with Crippen LogP contribution in [0.3, 0.4) is 0 Å². The molecule has 0 heterocycles. The van der Waals surface area contributed by atoms with E-state index in [9.17, 15) is 21.9 Å². The number of hydrogen-bond donors (Lipinski definition) is 2. The Kier molecular flexibility index (Phi) is 4.40. The maximum Gasteiger partial charge on any atom is 0.233 e. The molecule has 0 saturated heterocycles. The summed E-state index contributed by atoms with van der Waals surface area (Å²) in [4.78, 5) is -0.0660. The second-order valence-corrected chi connectivity index (χ2v) is 9.61. The van der Waals surface area contributed by atoms with Crippen LogP contribution in [0, 0.1) is 5.41 Å². The molecule has 0 aliphatic carbocycles. The van der Waals surface area contributed by atoms with Gasteiger partial charge >= 0.3 is 0 Å². The van der Waals surface area contributed by atoms with E-state index < -0.39 is 25.3 Å². The molecular formula is C12H19NO5S2. The van der Waals surface area contributed by atoms with Gasteiger partial charge in [0.05, 0.1) is 16.3 Å². The third kappa shape index (κ3) is 5.01. The van der Waals surface area contributed by atoms with Crippen LogP contribution in [-0.4, -0.2) is 34.0 Å². The molecule has 0 aliphatic rings. The average molecular weight is 321 g/mol. The fraction of sp³-hybridized carbons (Fsp3) is 0.500. The smallest absolute Gasteiger partial charge is 0.233 e. The van der Waals surface area contributed by atoms with Crippen molar-refractivity contribution in [3.8, 4) is 5.75 Å². The highest BCUT2D eigenvalue weighted by Crippen LogP contribution is 2.28. The number of rotatable bonds is 4. The molecule has 0 radical (unpaired) electrons. The van der Waals surface area contributed by atoms with Crippen molar-refractivity contribution in [1.29, 1.82) is 0 Å². The average Bonchev–Trinajstić information content (AvgIpc) is 2.15. The highest BCUT2D eigenvalue weighted by molar-refractivity contribution is 7.92. The second kappa shape index (κ2) is 5.25. The Balaban J connectivity index is 3.16. The van der Waals surface area contributed by atoms with E-state index in [0.717, 1.165) is 18.4 Å². The molecule has 0 aromatic heterocycles. The molecule has 0 unspecified atom stereocenters. The Labute approximate surface area is 119 Å². The summed E-state index contributed by atoms with van der Waals surface area (Å²) in [5.74, 6) is -0.474. The number of nitrogens with one attached hydrogen (secondary N) is 1. The van der Waals surface area contributed by atoms with E-state index in [0.29, 0.717) is 0 Å². The number of anilines is 1. The second-order valence-electron chi connectivity index (χ2n) is 5.87. The highest BCUT2D eigenvalue weighted by atomic mass is 32.2. The van der Waals surface area contributed by atoms with Crippen molar-refractivity contribution in [2.24, 2.45) is 5.41 Å². The van der Waals surface area contributed by atoms with Crippen LogP contribution in [0.2, 0.25) is 0 Å². The summed E-state index contributed by atoms with van der Waals surface area (Å²) in [7, 11) is -7.16. The molecule has 0 fully saturated rings. The minimum atomic E-state index is -3.68. The van der Waals surface area contributed by atoms with Crippen molar-refractivity contribution < 1.29 is 21.9 Å². The molecule has 0 spiro atoms. The number of benzene rings is 1. The van der Waals surface area contributed by atoms with Crippen LogP contribution in [-0.2, 0) is 19.9 Å². The molecule has 114 valence electrons. The Morgan fingerprint density at radius 2 is 1.70 bits per heavy atom. The van der Waals surface area contributed by atoms with Gasteiger partial charge < -0.3 is 5.11 Å². The summed E-state index contributed by atoms with van der Waals surface area (Å²) in [6.07, 6.45) is 1.01. The van der Waals surface area contributed by atoms with Gasteiger partial charge in [0.15, 0.2) is 9.84 Å². The minimum Gasteiger partial charge on any atom is -0.506 e. The van der Waals surface area contributed by atoms with Crippen LogP contribution in [0.25, 0.3) is 0 Å². The lowest BCUT2D eigenvalue weighted by Gasteiger charge is -2.19. The van der Waals surface area contributed by atoms with Gasteiger partial charge in [-0.25, -0.2) is 16.8 Å². The molecule has 0 bridgehead atoms. The summed E-state index contributed by atoms with van der Waals surface area (Å²) in [6, 6.07) is 3.46. The van der Waals surface area contributed by atoms with Crippen molar-refractivity contribution in [2.75, 3.05) is 16.7 Å². The Hall–Kier alpha value is -1.28. The molecule has 0 saturated carbocycles. The fourth-order valence-corrected chi connectivity index (χ4v) is 3.96. The standard InChI is InChI=1S/C12H19NO5S2/c1-12(2,3)8-20(17,18)13-10-7-9(19(4,15)16)5-6-11(10)14/h5-7,13-14H,8H2,1-4H3. The van der Waals surface area contributed by atoms with Crippen molar-refractivity contribution in [2.45, 2.75) is 25.7 Å². The zero-order chi connectivity index (χ0) is 15.8. The summed E-state index contributed by atoms with van der Waals surface area (Å²) in [5.41, 5.74) is -0.604. The molecule has 1 rings (SSSR count). The highest BCUT2D eigenvalue weighted by Gasteiger charge is 2.23. The van der Waals surface area contributed by atoms with Gasteiger partial charge in [-0.1, -0.05) is 20.8 Å². The maximum atomic E-state index is 12.0. The third-order valence-corrected chi connectivity index (χ3v) is 5.17. The van der Waals surface area contributed by atoms with Crippen LogP contribution in [0.5, 0.6) is 5.75 Å². The molecule has 2 N–H and O–H groups in total. The van der Waals surface area contributed by atoms with Crippen molar-refractivity contribution in [1.82, 2.24) is 0 Å². The first kappa shape index (κ1) is 16.8. The van der Waals surface area contributed by atoms with Crippen LogP contribution in [0.4, 0.5) is 5.69 Å². The van der Waals surface area contributed by atoms with Gasteiger partial charge in [-0.05, 0) is 23.6 Å². The summed E-state index contributed by atoms with van der Waals surface area (Å²) < 4.78 is 49.0. The van der Waals surface area contributed by atoms with Gasteiger partial charge in [-0.2, -0.15) is 0 Å². The molecule has 0 amide bonds. The van der Waals surface area contributed by atoms with E-state index in [1.807, 2.05) is 0 Å². The van der Waals surface area contributed by atoms with E-state index in [2.05, 4.69) is 4.72 Å². The van der Waals surface area contributed by atoms with Gasteiger partial charge in [0.2, 0.25) is 10.0 Å². The Morgan fingerprint density at radius 3 is 2.15 bits per heavy atom. The number of phenols is 1. The predicted molar refractivity (Wildman–Crippen MR) is 78.1 cm³/mol. The number of aromatic hydroxyl groups is 1. The van der Waals surface area contributed by atoms with Crippen LogP contribution in [0.15, 0.2) is 23.1 Å². The molecule has 20 heavy (non-hydrogen) atoms. The SMILES string of the molecule is CC(C)(C)CS(=O)(=O)Nc1cc(S(C)(=O)=O)ccc1O. The molecule has 8 heteroatoms. The molecule has 0 aliphatic heterocycles. The Bertz CT molecular complexity index is 700. The number of hydrogen-bond acceptors (Lipinski definition) is 5. The maximum absolute atomic E-state index is 12.0. The van der Waals surface area contributed by atoms with Crippen molar-refractivity contribution >= 4 is 25.5 Å². The molecule has 0 atom stereocenters. The number of sulfonamides is 1. The zero-order valence-electron chi connectivity index (χ0n) is 11.8. The predicted octanol–water partition coefficient (Wildman–Crippen LogP) is 1.58. The van der Waals surface area contributed by atoms with Gasteiger partial charge in [0.25, 0.3) is 0 Å². The van der Waals surface area contributed by atoms with Crippen molar-refractivity contribution in [3.63, 3.8) is 0 Å². The van der Waals surface area contributed by atoms with Crippen LogP contribution >= 0.6 is 0 Å². The molecule has 1 aromatic rings. The zero-order valence-corrected chi connectivity index (χ0v) is 13.5. The lowest BCUT2D eigenvalue weighted by molar-refractivity contribution is 0.462. The fourth-order valence-electron chi connectivity index (χ4n) is 1.60. The monoisotopic (exact) mass is 321 g/mol. The van der Waals surface area contributed by atoms with E-state index in [4.69, 9.17) is 0 Å². The Morgan fingerprint density at radius 1 is 1.15 bits per heavy atom. The molecule has 1 aromatic carbocycles. The first-order valence-corrected chi connectivity index (χ1v) is 9.38. The van der Waals surface area contributed by atoms with Gasteiger partial charge in [0.1, 0.15) is 5.75 Å². The summed E-state index contributed by atoms with van der Waals surface area (Å²) >= 11 is 0. The number of sulfone groups is 1. The minimum absolute atomic E-state index is 0.0660. The van der Waals surface area contributed by atoms with E-state index in [1.54, 1.807) is 20.8 Å². The summed E-state index contributed by atoms with van der Waals surface area (Å²) in [5, 5.41) is 9.64. The van der Waals surface area contributed by atoms with Crippen LogP contribution < -0.4 is 4.72 Å². The van der Waals surface area contributed by atoms with Gasteiger partial charge in [0, 0.05) is 6.26 Å². The first-order chi connectivity index (χ1) is 8.80. The quantitative estimate of drug-likeness (QED) is 0.820. The summed E-state index contributed by atoms with van der Waals surface area (Å²) in [6.45, 7) is 5.29. The number of phenolic OH excluding ortho intramolecular Hbond substituents is 1. The van der Waals surface area contributed by atoms with Gasteiger partial charge in [-0.3, -0.25) is 4.72 Å². The van der Waals surface area contributed by atoms with Crippen molar-refractivity contribution in [3.05, 3.63) is 18.2 Å². The van der Waals surface area contributed by atoms with E-state index in [-0.39, 0.29) is 22.1 Å². The van der Waals surface area contributed by atoms with Gasteiger partial charge in [-0.15, -0.1) is 0 Å². The largest absolute Gasteiger partial charge is 0.506 e. The molecule has 6 nitrogen and oxygen atoms in total. The lowest BCUT2D eigenvalue weighted by Crippen LogP contribution is -2.26. The topological polar surface area (TPSA) is 101 Å². The third-order valence-electron chi connectivity index (χ3n) is 2.28. The molecular weight excluding hydrogens is 302 g/mol. The van der Waals surface area contributed by atoms with E-state index >= 15 is 0 Å². The normalized spacial score (nSPS) is 13.2. The first-order valence-electron chi connectivity index (χ1n) is 5.84. The van der Waals surface area contributed by atoms with E-state index in [1.165, 1.54) is 6.07 Å². The van der Waals surface area contributed by atoms with Crippen LogP contribution in [0.1, 0.15) is 20.8 Å².